The SMILES string of the molecule is CC1CCCN1Cc1nc(N(C)C)no1. The molecule has 1 aromatic rings. The van der Waals surface area contributed by atoms with Crippen LogP contribution in [0.25, 0.3) is 0 Å². The molecule has 2 rings (SSSR count). The second-order valence-electron chi connectivity index (χ2n) is 4.34. The second-order valence-corrected chi connectivity index (χ2v) is 4.34. The van der Waals surface area contributed by atoms with E-state index in [1.165, 1.54) is 12.8 Å². The van der Waals surface area contributed by atoms with Crippen LogP contribution in [0.4, 0.5) is 5.95 Å². The minimum atomic E-state index is 0.639. The molecule has 1 aliphatic rings. The molecule has 0 amide bonds. The Morgan fingerprint density at radius 1 is 1.53 bits per heavy atom. The number of rotatable bonds is 3. The van der Waals surface area contributed by atoms with E-state index in [9.17, 15) is 0 Å². The van der Waals surface area contributed by atoms with Crippen LogP contribution in [0.15, 0.2) is 4.52 Å². The molecule has 1 saturated heterocycles. The number of hydrogen-bond acceptors (Lipinski definition) is 5. The van der Waals surface area contributed by atoms with Crippen molar-refractivity contribution in [2.75, 3.05) is 25.5 Å². The summed E-state index contributed by atoms with van der Waals surface area (Å²) in [6, 6.07) is 0.639. The number of anilines is 1. The van der Waals surface area contributed by atoms with Gasteiger partial charge in [-0.15, -0.1) is 0 Å². The van der Waals surface area contributed by atoms with Crippen LogP contribution in [0.2, 0.25) is 0 Å². The first-order valence-corrected chi connectivity index (χ1v) is 5.41. The van der Waals surface area contributed by atoms with Crippen molar-refractivity contribution < 1.29 is 4.52 Å². The third-order valence-corrected chi connectivity index (χ3v) is 2.89. The minimum Gasteiger partial charge on any atom is -0.344 e. The van der Waals surface area contributed by atoms with Crippen molar-refractivity contribution in [3.8, 4) is 0 Å². The van der Waals surface area contributed by atoms with E-state index in [0.29, 0.717) is 17.9 Å². The highest BCUT2D eigenvalue weighted by molar-refractivity contribution is 5.23. The Hall–Kier alpha value is -1.10. The molecular weight excluding hydrogens is 192 g/mol. The molecule has 5 heteroatoms. The molecule has 0 N–H and O–H groups in total. The number of hydrogen-bond donors (Lipinski definition) is 0. The van der Waals surface area contributed by atoms with Gasteiger partial charge >= 0.3 is 0 Å². The molecule has 2 heterocycles. The average Bonchev–Trinajstić information content (AvgIpc) is 2.77. The molecule has 0 radical (unpaired) electrons. The van der Waals surface area contributed by atoms with Crippen molar-refractivity contribution in [3.63, 3.8) is 0 Å². The fourth-order valence-electron chi connectivity index (χ4n) is 1.89. The van der Waals surface area contributed by atoms with Gasteiger partial charge in [-0.3, -0.25) is 4.90 Å². The van der Waals surface area contributed by atoms with Gasteiger partial charge in [0, 0.05) is 20.1 Å². The summed E-state index contributed by atoms with van der Waals surface area (Å²) < 4.78 is 5.19. The molecule has 1 aliphatic heterocycles. The fourth-order valence-corrected chi connectivity index (χ4v) is 1.89. The minimum absolute atomic E-state index is 0.639. The van der Waals surface area contributed by atoms with E-state index < -0.39 is 0 Å². The molecule has 1 aromatic heterocycles. The maximum absolute atomic E-state index is 5.19. The first-order chi connectivity index (χ1) is 7.16. The molecule has 1 unspecified atom stereocenters. The van der Waals surface area contributed by atoms with Crippen LogP contribution in [-0.4, -0.2) is 41.7 Å². The Balaban J connectivity index is 1.98. The molecule has 0 aromatic carbocycles. The van der Waals surface area contributed by atoms with Crippen LogP contribution in [0.1, 0.15) is 25.7 Å². The Bertz CT molecular complexity index is 323. The van der Waals surface area contributed by atoms with Crippen LogP contribution >= 0.6 is 0 Å². The van der Waals surface area contributed by atoms with Gasteiger partial charge in [0.2, 0.25) is 5.89 Å². The summed E-state index contributed by atoms with van der Waals surface area (Å²) in [5.74, 6) is 1.37. The lowest BCUT2D eigenvalue weighted by molar-refractivity contribution is 0.221. The normalized spacial score (nSPS) is 22.2. The zero-order chi connectivity index (χ0) is 10.8. The molecule has 5 nitrogen and oxygen atoms in total. The molecule has 84 valence electrons. The van der Waals surface area contributed by atoms with Crippen molar-refractivity contribution in [1.82, 2.24) is 15.0 Å². The van der Waals surface area contributed by atoms with Gasteiger partial charge in [-0.25, -0.2) is 0 Å². The summed E-state index contributed by atoms with van der Waals surface area (Å²) in [5.41, 5.74) is 0. The lowest BCUT2D eigenvalue weighted by Gasteiger charge is -2.17. The molecule has 0 aliphatic carbocycles. The van der Waals surface area contributed by atoms with Crippen LogP contribution < -0.4 is 4.90 Å². The first-order valence-electron chi connectivity index (χ1n) is 5.41. The second kappa shape index (κ2) is 4.18. The Morgan fingerprint density at radius 2 is 2.33 bits per heavy atom. The molecule has 15 heavy (non-hydrogen) atoms. The van der Waals surface area contributed by atoms with Crippen molar-refractivity contribution in [3.05, 3.63) is 5.89 Å². The standard InChI is InChI=1S/C10H18N4O/c1-8-5-4-6-14(8)7-9-11-10(12-15-9)13(2)3/h8H,4-7H2,1-3H3. The van der Waals surface area contributed by atoms with Crippen molar-refractivity contribution in [1.29, 1.82) is 0 Å². The van der Waals surface area contributed by atoms with Crippen molar-refractivity contribution in [2.45, 2.75) is 32.4 Å². The summed E-state index contributed by atoms with van der Waals surface area (Å²) >= 11 is 0. The van der Waals surface area contributed by atoms with E-state index in [0.717, 1.165) is 13.1 Å². The monoisotopic (exact) mass is 210 g/mol. The van der Waals surface area contributed by atoms with Gasteiger partial charge in [0.05, 0.1) is 6.54 Å². The molecule has 0 bridgehead atoms. The topological polar surface area (TPSA) is 45.4 Å². The van der Waals surface area contributed by atoms with Crippen LogP contribution in [-0.2, 0) is 6.54 Å². The first kappa shape index (κ1) is 10.4. The summed E-state index contributed by atoms with van der Waals surface area (Å²) in [4.78, 5) is 8.54. The third-order valence-electron chi connectivity index (χ3n) is 2.89. The number of aromatic nitrogens is 2. The zero-order valence-electron chi connectivity index (χ0n) is 9.60. The Labute approximate surface area is 90.0 Å². The van der Waals surface area contributed by atoms with Gasteiger partial charge in [0.1, 0.15) is 0 Å². The van der Waals surface area contributed by atoms with E-state index in [-0.39, 0.29) is 0 Å². The number of nitrogens with zero attached hydrogens (tertiary/aromatic N) is 4. The van der Waals surface area contributed by atoms with Gasteiger partial charge < -0.3 is 9.42 Å². The summed E-state index contributed by atoms with van der Waals surface area (Å²) in [7, 11) is 3.82. The highest BCUT2D eigenvalue weighted by Gasteiger charge is 2.22. The summed E-state index contributed by atoms with van der Waals surface area (Å²) in [5, 5.41) is 3.90. The summed E-state index contributed by atoms with van der Waals surface area (Å²) in [6.07, 6.45) is 2.55. The Kier molecular flexibility index (Phi) is 2.90. The van der Waals surface area contributed by atoms with E-state index in [1.807, 2.05) is 19.0 Å². The van der Waals surface area contributed by atoms with E-state index in [4.69, 9.17) is 4.52 Å². The van der Waals surface area contributed by atoms with Gasteiger partial charge in [-0.2, -0.15) is 4.98 Å². The van der Waals surface area contributed by atoms with Crippen molar-refractivity contribution >= 4 is 5.95 Å². The van der Waals surface area contributed by atoms with Crippen LogP contribution in [0, 0.1) is 0 Å². The van der Waals surface area contributed by atoms with E-state index in [2.05, 4.69) is 22.0 Å². The lowest BCUT2D eigenvalue weighted by atomic mass is 10.2. The fraction of sp³-hybridized carbons (Fsp3) is 0.800. The van der Waals surface area contributed by atoms with E-state index in [1.54, 1.807) is 0 Å². The van der Waals surface area contributed by atoms with E-state index >= 15 is 0 Å². The quantitative estimate of drug-likeness (QED) is 0.748. The van der Waals surface area contributed by atoms with Gasteiger partial charge in [0.15, 0.2) is 0 Å². The predicted octanol–water partition coefficient (Wildman–Crippen LogP) is 1.12. The lowest BCUT2D eigenvalue weighted by Crippen LogP contribution is -2.26. The third kappa shape index (κ3) is 2.28. The zero-order valence-corrected chi connectivity index (χ0v) is 9.60. The largest absolute Gasteiger partial charge is 0.344 e. The Morgan fingerprint density at radius 3 is 2.87 bits per heavy atom. The number of likely N-dealkylation sites (tertiary alicyclic amines) is 1. The van der Waals surface area contributed by atoms with Gasteiger partial charge in [-0.1, -0.05) is 0 Å². The van der Waals surface area contributed by atoms with Gasteiger partial charge in [-0.05, 0) is 31.5 Å². The molecular formula is C10H18N4O. The maximum Gasteiger partial charge on any atom is 0.265 e. The smallest absolute Gasteiger partial charge is 0.265 e. The molecule has 0 spiro atoms. The maximum atomic E-state index is 5.19. The van der Waals surface area contributed by atoms with Gasteiger partial charge in [0.25, 0.3) is 5.95 Å². The molecule has 1 atom stereocenters. The molecule has 1 fully saturated rings. The highest BCUT2D eigenvalue weighted by atomic mass is 16.5. The molecule has 0 saturated carbocycles. The van der Waals surface area contributed by atoms with Crippen LogP contribution in [0.3, 0.4) is 0 Å². The summed E-state index contributed by atoms with van der Waals surface area (Å²) in [6.45, 7) is 4.17. The van der Waals surface area contributed by atoms with Crippen LogP contribution in [0.5, 0.6) is 0 Å². The van der Waals surface area contributed by atoms with Crippen molar-refractivity contribution in [2.24, 2.45) is 0 Å². The average molecular weight is 210 g/mol. The highest BCUT2D eigenvalue weighted by Crippen LogP contribution is 2.19. The predicted molar refractivity (Wildman–Crippen MR) is 57.7 cm³/mol.